The Hall–Kier alpha value is -3.34. The summed E-state index contributed by atoms with van der Waals surface area (Å²) in [4.78, 5) is 19.7. The third kappa shape index (κ3) is 3.83. The first-order valence-electron chi connectivity index (χ1n) is 9.38. The van der Waals surface area contributed by atoms with Crippen LogP contribution in [0, 0.1) is 0 Å². The first kappa shape index (κ1) is 18.0. The maximum absolute atomic E-state index is 13.5. The lowest BCUT2D eigenvalue weighted by molar-refractivity contribution is 0.0670. The molecule has 1 atom stereocenters. The number of hydrogen-bond acceptors (Lipinski definition) is 4. The lowest BCUT2D eigenvalue weighted by atomic mass is 10.0. The average molecular weight is 374 g/mol. The van der Waals surface area contributed by atoms with E-state index in [1.165, 1.54) is 0 Å². The Morgan fingerprint density at radius 2 is 1.75 bits per heavy atom. The van der Waals surface area contributed by atoms with Gasteiger partial charge in [-0.15, -0.1) is 0 Å². The second-order valence-corrected chi connectivity index (χ2v) is 6.70. The van der Waals surface area contributed by atoms with Crippen molar-refractivity contribution in [3.05, 3.63) is 89.7 Å². The smallest absolute Gasteiger partial charge is 0.254 e. The largest absolute Gasteiger partial charge is 0.486 e. The van der Waals surface area contributed by atoms with Gasteiger partial charge in [-0.25, -0.2) is 0 Å². The Morgan fingerprint density at radius 3 is 2.50 bits per heavy atom. The lowest BCUT2D eigenvalue weighted by Crippen LogP contribution is -2.33. The molecule has 2 heterocycles. The maximum Gasteiger partial charge on any atom is 0.254 e. The van der Waals surface area contributed by atoms with Crippen molar-refractivity contribution < 1.29 is 14.3 Å². The van der Waals surface area contributed by atoms with Crippen LogP contribution in [0.15, 0.2) is 72.9 Å². The van der Waals surface area contributed by atoms with Gasteiger partial charge in [-0.1, -0.05) is 36.4 Å². The Balaban J connectivity index is 1.67. The van der Waals surface area contributed by atoms with Gasteiger partial charge in [0.1, 0.15) is 13.2 Å². The van der Waals surface area contributed by atoms with Crippen molar-refractivity contribution in [3.63, 3.8) is 0 Å². The molecule has 5 nitrogen and oxygen atoms in total. The summed E-state index contributed by atoms with van der Waals surface area (Å²) in [5, 5.41) is 0. The van der Waals surface area contributed by atoms with Crippen molar-refractivity contribution in [2.24, 2.45) is 0 Å². The molecule has 0 saturated carbocycles. The fourth-order valence-electron chi connectivity index (χ4n) is 3.30. The van der Waals surface area contributed by atoms with Crippen molar-refractivity contribution in [1.82, 2.24) is 9.88 Å². The Labute approximate surface area is 164 Å². The third-order valence-electron chi connectivity index (χ3n) is 4.86. The molecular formula is C23H22N2O3. The zero-order valence-corrected chi connectivity index (χ0v) is 15.7. The lowest BCUT2D eigenvalue weighted by Gasteiger charge is -2.30. The standard InChI is InChI=1S/C23H22N2O3/c1-17(18-7-3-2-4-8-18)25(16-20-9-5-6-12-24-20)23(26)19-10-11-21-22(15-19)28-14-13-27-21/h2-12,15,17H,13-14,16H2,1H3/t17-/m0/s1. The number of carbonyl (C=O) groups is 1. The van der Waals surface area contributed by atoms with E-state index in [1.54, 1.807) is 24.4 Å². The van der Waals surface area contributed by atoms with E-state index in [0.29, 0.717) is 36.8 Å². The molecule has 3 aromatic rings. The predicted octanol–water partition coefficient (Wildman–Crippen LogP) is 4.26. The molecule has 1 aromatic heterocycles. The van der Waals surface area contributed by atoms with E-state index in [2.05, 4.69) is 4.98 Å². The summed E-state index contributed by atoms with van der Waals surface area (Å²) in [7, 11) is 0. The highest BCUT2D eigenvalue weighted by Crippen LogP contribution is 2.32. The number of pyridine rings is 1. The van der Waals surface area contributed by atoms with Gasteiger partial charge in [-0.2, -0.15) is 0 Å². The molecule has 2 aromatic carbocycles. The Bertz CT molecular complexity index is 945. The number of ether oxygens (including phenoxy) is 2. The molecule has 0 aliphatic carbocycles. The summed E-state index contributed by atoms with van der Waals surface area (Å²) >= 11 is 0. The van der Waals surface area contributed by atoms with Crippen LogP contribution < -0.4 is 9.47 Å². The van der Waals surface area contributed by atoms with E-state index in [-0.39, 0.29) is 11.9 Å². The van der Waals surface area contributed by atoms with Gasteiger partial charge in [-0.05, 0) is 42.8 Å². The summed E-state index contributed by atoms with van der Waals surface area (Å²) in [6.07, 6.45) is 1.75. The van der Waals surface area contributed by atoms with Gasteiger partial charge < -0.3 is 14.4 Å². The molecule has 0 unspecified atom stereocenters. The average Bonchev–Trinajstić information content (AvgIpc) is 2.77. The van der Waals surface area contributed by atoms with Gasteiger partial charge in [0.2, 0.25) is 0 Å². The minimum Gasteiger partial charge on any atom is -0.486 e. The molecule has 0 saturated heterocycles. The van der Waals surface area contributed by atoms with E-state index in [0.717, 1.165) is 11.3 Å². The van der Waals surface area contributed by atoms with Crippen LogP contribution in [0.25, 0.3) is 0 Å². The summed E-state index contributed by atoms with van der Waals surface area (Å²) in [6.45, 7) is 3.47. The highest BCUT2D eigenvalue weighted by Gasteiger charge is 2.25. The van der Waals surface area contributed by atoms with Gasteiger partial charge in [0, 0.05) is 11.8 Å². The first-order valence-corrected chi connectivity index (χ1v) is 9.38. The van der Waals surface area contributed by atoms with Crippen molar-refractivity contribution in [2.75, 3.05) is 13.2 Å². The van der Waals surface area contributed by atoms with Crippen LogP contribution in [0.1, 0.15) is 34.6 Å². The van der Waals surface area contributed by atoms with Gasteiger partial charge in [0.25, 0.3) is 5.91 Å². The van der Waals surface area contributed by atoms with Crippen LogP contribution in [0.2, 0.25) is 0 Å². The number of fused-ring (bicyclic) bond motifs is 1. The van der Waals surface area contributed by atoms with E-state index in [9.17, 15) is 4.79 Å². The van der Waals surface area contributed by atoms with Crippen molar-refractivity contribution in [1.29, 1.82) is 0 Å². The number of carbonyl (C=O) groups excluding carboxylic acids is 1. The summed E-state index contributed by atoms with van der Waals surface area (Å²) in [6, 6.07) is 21.0. The molecule has 28 heavy (non-hydrogen) atoms. The Morgan fingerprint density at radius 1 is 1.00 bits per heavy atom. The molecule has 142 valence electrons. The molecule has 0 spiro atoms. The minimum atomic E-state index is -0.107. The normalized spacial score (nSPS) is 13.6. The molecule has 0 fully saturated rings. The number of aromatic nitrogens is 1. The van der Waals surface area contributed by atoms with Crippen LogP contribution >= 0.6 is 0 Å². The zero-order valence-electron chi connectivity index (χ0n) is 15.7. The van der Waals surface area contributed by atoms with Crippen molar-refractivity contribution in [3.8, 4) is 11.5 Å². The number of amides is 1. The van der Waals surface area contributed by atoms with Gasteiger partial charge >= 0.3 is 0 Å². The van der Waals surface area contributed by atoms with Gasteiger partial charge in [0.05, 0.1) is 18.3 Å². The van der Waals surface area contributed by atoms with Gasteiger partial charge in [-0.3, -0.25) is 9.78 Å². The predicted molar refractivity (Wildman–Crippen MR) is 106 cm³/mol. The van der Waals surface area contributed by atoms with E-state index in [4.69, 9.17) is 9.47 Å². The van der Waals surface area contributed by atoms with Crippen LogP contribution in [0.3, 0.4) is 0 Å². The quantitative estimate of drug-likeness (QED) is 0.670. The number of nitrogens with zero attached hydrogens (tertiary/aromatic N) is 2. The molecule has 5 heteroatoms. The number of benzene rings is 2. The Kier molecular flexibility index (Phi) is 5.24. The van der Waals surface area contributed by atoms with Crippen LogP contribution in [0.4, 0.5) is 0 Å². The van der Waals surface area contributed by atoms with Crippen molar-refractivity contribution >= 4 is 5.91 Å². The summed E-state index contributed by atoms with van der Waals surface area (Å²) in [5.74, 6) is 1.22. The highest BCUT2D eigenvalue weighted by molar-refractivity contribution is 5.95. The molecule has 4 rings (SSSR count). The maximum atomic E-state index is 13.5. The third-order valence-corrected chi connectivity index (χ3v) is 4.86. The second-order valence-electron chi connectivity index (χ2n) is 6.70. The minimum absolute atomic E-state index is 0.0704. The van der Waals surface area contributed by atoms with E-state index >= 15 is 0 Å². The molecule has 0 bridgehead atoms. The number of hydrogen-bond donors (Lipinski definition) is 0. The van der Waals surface area contributed by atoms with E-state index < -0.39 is 0 Å². The fraction of sp³-hybridized carbons (Fsp3) is 0.217. The van der Waals surface area contributed by atoms with Crippen molar-refractivity contribution in [2.45, 2.75) is 19.5 Å². The molecule has 1 amide bonds. The zero-order chi connectivity index (χ0) is 19.3. The fourth-order valence-corrected chi connectivity index (χ4v) is 3.30. The summed E-state index contributed by atoms with van der Waals surface area (Å²) < 4.78 is 11.2. The first-order chi connectivity index (χ1) is 13.7. The molecular weight excluding hydrogens is 352 g/mol. The topological polar surface area (TPSA) is 51.7 Å². The SMILES string of the molecule is C[C@@H](c1ccccc1)N(Cc1ccccn1)C(=O)c1ccc2c(c1)OCCO2. The van der Waals surface area contributed by atoms with Crippen LogP contribution in [-0.2, 0) is 6.54 Å². The second kappa shape index (κ2) is 8.13. The number of rotatable bonds is 5. The van der Waals surface area contributed by atoms with Crippen LogP contribution in [-0.4, -0.2) is 29.0 Å². The molecule has 0 radical (unpaired) electrons. The molecule has 0 N–H and O–H groups in total. The molecule has 1 aliphatic heterocycles. The van der Waals surface area contributed by atoms with Gasteiger partial charge in [0.15, 0.2) is 11.5 Å². The van der Waals surface area contributed by atoms with E-state index in [1.807, 2.05) is 60.4 Å². The molecule has 1 aliphatic rings. The summed E-state index contributed by atoms with van der Waals surface area (Å²) in [5.41, 5.74) is 2.49. The monoisotopic (exact) mass is 374 g/mol. The highest BCUT2D eigenvalue weighted by atomic mass is 16.6. The van der Waals surface area contributed by atoms with Crippen LogP contribution in [0.5, 0.6) is 11.5 Å².